The first-order chi connectivity index (χ1) is 12.8. The first kappa shape index (κ1) is 19.5. The molecule has 0 unspecified atom stereocenters. The highest BCUT2D eigenvalue weighted by Gasteiger charge is 2.39. The van der Waals surface area contributed by atoms with Gasteiger partial charge < -0.3 is 9.47 Å². The zero-order chi connectivity index (χ0) is 19.6. The van der Waals surface area contributed by atoms with Crippen molar-refractivity contribution >= 4 is 0 Å². The van der Waals surface area contributed by atoms with Gasteiger partial charge in [0.25, 0.3) is 0 Å². The molecule has 3 rings (SSSR count). The molecule has 0 radical (unpaired) electrons. The first-order valence-electron chi connectivity index (χ1n) is 9.01. The van der Waals surface area contributed by atoms with Gasteiger partial charge in [0.2, 0.25) is 5.82 Å². The molecule has 2 aromatic carbocycles. The highest BCUT2D eigenvalue weighted by atomic mass is 19.3. The Labute approximate surface area is 156 Å². The van der Waals surface area contributed by atoms with Gasteiger partial charge in [-0.2, -0.15) is 13.2 Å². The van der Waals surface area contributed by atoms with Crippen LogP contribution in [0.15, 0.2) is 36.4 Å². The van der Waals surface area contributed by atoms with Gasteiger partial charge in [0, 0.05) is 0 Å². The predicted octanol–water partition coefficient (Wildman–Crippen LogP) is 6.40. The van der Waals surface area contributed by atoms with Crippen molar-refractivity contribution in [3.05, 3.63) is 59.2 Å². The van der Waals surface area contributed by atoms with Crippen molar-refractivity contribution in [3.63, 3.8) is 0 Å². The molecule has 2 nitrogen and oxygen atoms in total. The molecule has 0 amide bonds. The fourth-order valence-corrected chi connectivity index (χ4v) is 3.52. The molecule has 0 aliphatic heterocycles. The van der Waals surface area contributed by atoms with E-state index in [1.807, 2.05) is 0 Å². The van der Waals surface area contributed by atoms with E-state index in [4.69, 9.17) is 0 Å². The number of alkyl halides is 2. The molecule has 0 bridgehead atoms. The van der Waals surface area contributed by atoms with E-state index in [1.165, 1.54) is 12.1 Å². The quantitative estimate of drug-likeness (QED) is 0.558. The largest absolute Gasteiger partial charge is 0.494 e. The number of ether oxygens (including phenoxy) is 2. The van der Waals surface area contributed by atoms with Gasteiger partial charge in [0.1, 0.15) is 11.3 Å². The van der Waals surface area contributed by atoms with E-state index in [1.54, 1.807) is 12.1 Å². The van der Waals surface area contributed by atoms with Crippen LogP contribution in [0.2, 0.25) is 0 Å². The highest BCUT2D eigenvalue weighted by Crippen LogP contribution is 2.38. The van der Waals surface area contributed by atoms with Gasteiger partial charge in [0.05, 0.1) is 7.11 Å². The first-order valence-corrected chi connectivity index (χ1v) is 9.01. The van der Waals surface area contributed by atoms with Crippen LogP contribution in [-0.2, 0) is 6.11 Å². The van der Waals surface area contributed by atoms with Crippen molar-refractivity contribution in [1.82, 2.24) is 0 Å². The smallest absolute Gasteiger partial charge is 0.429 e. The summed E-state index contributed by atoms with van der Waals surface area (Å²) >= 11 is 0. The third kappa shape index (κ3) is 4.20. The summed E-state index contributed by atoms with van der Waals surface area (Å²) < 4.78 is 65.7. The zero-order valence-electron chi connectivity index (χ0n) is 15.3. The minimum atomic E-state index is -4.01. The Morgan fingerprint density at radius 3 is 2.11 bits per heavy atom. The number of hydrogen-bond acceptors (Lipinski definition) is 2. The number of methoxy groups -OCH3 is 1. The van der Waals surface area contributed by atoms with Crippen molar-refractivity contribution in [2.24, 2.45) is 5.92 Å². The molecular formula is C21H22F4O2. The molecule has 1 aliphatic carbocycles. The molecular weight excluding hydrogens is 360 g/mol. The maximum Gasteiger partial charge on any atom is 0.429 e. The van der Waals surface area contributed by atoms with Crippen molar-refractivity contribution in [2.75, 3.05) is 7.11 Å². The summed E-state index contributed by atoms with van der Waals surface area (Å²) in [6, 6.07) is 8.11. The van der Waals surface area contributed by atoms with Crippen molar-refractivity contribution in [1.29, 1.82) is 0 Å². The van der Waals surface area contributed by atoms with Crippen LogP contribution in [-0.4, -0.2) is 7.11 Å². The van der Waals surface area contributed by atoms with E-state index in [9.17, 15) is 17.6 Å². The second-order valence-electron chi connectivity index (χ2n) is 7.09. The topological polar surface area (TPSA) is 18.5 Å². The lowest BCUT2D eigenvalue weighted by molar-refractivity contribution is -0.187. The number of rotatable bonds is 5. The Kier molecular flexibility index (Phi) is 5.63. The van der Waals surface area contributed by atoms with Gasteiger partial charge in [-0.05, 0) is 54.5 Å². The lowest BCUT2D eigenvalue weighted by atomic mass is 9.79. The molecule has 1 saturated carbocycles. The predicted molar refractivity (Wildman–Crippen MR) is 94.2 cm³/mol. The second-order valence-corrected chi connectivity index (χ2v) is 7.09. The summed E-state index contributed by atoms with van der Waals surface area (Å²) in [5.41, 5.74) is -0.0922. The normalized spacial score (nSPS) is 20.4. The minimum Gasteiger partial charge on any atom is -0.494 e. The average Bonchev–Trinajstić information content (AvgIpc) is 2.65. The second kappa shape index (κ2) is 7.79. The molecule has 0 heterocycles. The van der Waals surface area contributed by atoms with Gasteiger partial charge in [0.15, 0.2) is 11.6 Å². The van der Waals surface area contributed by atoms with Crippen LogP contribution in [0, 0.1) is 17.6 Å². The zero-order valence-corrected chi connectivity index (χ0v) is 15.3. The minimum absolute atomic E-state index is 0.108. The molecule has 2 aromatic rings. The van der Waals surface area contributed by atoms with Gasteiger partial charge in [-0.1, -0.05) is 31.9 Å². The molecule has 0 saturated heterocycles. The molecule has 146 valence electrons. The van der Waals surface area contributed by atoms with E-state index in [0.29, 0.717) is 5.92 Å². The van der Waals surface area contributed by atoms with E-state index < -0.39 is 29.1 Å². The number of halogens is 4. The molecule has 6 heteroatoms. The molecule has 0 N–H and O–H groups in total. The molecule has 27 heavy (non-hydrogen) atoms. The summed E-state index contributed by atoms with van der Waals surface area (Å²) in [7, 11) is 1.13. The SMILES string of the molecule is COc1ccc(C(F)(F)Oc2ccc(C3CCC(C)CC3)cc2)c(F)c1F. The summed E-state index contributed by atoms with van der Waals surface area (Å²) in [6.07, 6.45) is 0.452. The molecule has 1 fully saturated rings. The van der Waals surface area contributed by atoms with Crippen LogP contribution in [0.4, 0.5) is 17.6 Å². The van der Waals surface area contributed by atoms with Crippen molar-refractivity contribution in [2.45, 2.75) is 44.6 Å². The van der Waals surface area contributed by atoms with Crippen LogP contribution in [0.1, 0.15) is 49.7 Å². The van der Waals surface area contributed by atoms with Crippen molar-refractivity contribution < 1.29 is 27.0 Å². The number of benzene rings is 2. The molecule has 1 aliphatic rings. The van der Waals surface area contributed by atoms with E-state index in [2.05, 4.69) is 16.4 Å². The van der Waals surface area contributed by atoms with E-state index >= 15 is 0 Å². The maximum absolute atomic E-state index is 14.3. The van der Waals surface area contributed by atoms with Crippen LogP contribution in [0.3, 0.4) is 0 Å². The van der Waals surface area contributed by atoms with Gasteiger partial charge in [-0.25, -0.2) is 4.39 Å². The Hall–Kier alpha value is -2.24. The fraction of sp³-hybridized carbons (Fsp3) is 0.429. The maximum atomic E-state index is 14.3. The highest BCUT2D eigenvalue weighted by molar-refractivity contribution is 5.34. The lowest BCUT2D eigenvalue weighted by Gasteiger charge is -2.26. The van der Waals surface area contributed by atoms with Crippen LogP contribution >= 0.6 is 0 Å². The molecule has 0 spiro atoms. The van der Waals surface area contributed by atoms with Crippen LogP contribution < -0.4 is 9.47 Å². The Morgan fingerprint density at radius 1 is 0.889 bits per heavy atom. The third-order valence-electron chi connectivity index (χ3n) is 5.19. The summed E-state index contributed by atoms with van der Waals surface area (Å²) in [4.78, 5) is 0. The Balaban J connectivity index is 1.75. The summed E-state index contributed by atoms with van der Waals surface area (Å²) in [5, 5.41) is 0. The van der Waals surface area contributed by atoms with Crippen LogP contribution in [0.25, 0.3) is 0 Å². The average molecular weight is 382 g/mol. The van der Waals surface area contributed by atoms with Gasteiger partial charge >= 0.3 is 6.11 Å². The van der Waals surface area contributed by atoms with Crippen molar-refractivity contribution in [3.8, 4) is 11.5 Å². The fourth-order valence-electron chi connectivity index (χ4n) is 3.52. The Bertz CT molecular complexity index is 782. The molecule has 0 atom stereocenters. The Morgan fingerprint density at radius 2 is 1.52 bits per heavy atom. The van der Waals surface area contributed by atoms with E-state index in [0.717, 1.165) is 56.4 Å². The monoisotopic (exact) mass is 382 g/mol. The summed E-state index contributed by atoms with van der Waals surface area (Å²) in [5.74, 6) is -2.57. The van der Waals surface area contributed by atoms with Gasteiger partial charge in [-0.3, -0.25) is 0 Å². The molecule has 0 aromatic heterocycles. The number of hydrogen-bond donors (Lipinski definition) is 0. The summed E-state index contributed by atoms with van der Waals surface area (Å²) in [6.45, 7) is 2.23. The van der Waals surface area contributed by atoms with E-state index in [-0.39, 0.29) is 5.75 Å². The standard InChI is InChI=1S/C21H22F4O2/c1-13-3-5-14(6-4-13)15-7-9-16(10-8-15)27-21(24,25)17-11-12-18(26-2)20(23)19(17)22/h7-14H,3-6H2,1-2H3. The lowest BCUT2D eigenvalue weighted by Crippen LogP contribution is -2.24. The van der Waals surface area contributed by atoms with Gasteiger partial charge in [-0.15, -0.1) is 0 Å². The third-order valence-corrected chi connectivity index (χ3v) is 5.19. The van der Waals surface area contributed by atoms with Crippen LogP contribution in [0.5, 0.6) is 11.5 Å².